The van der Waals surface area contributed by atoms with Crippen molar-refractivity contribution < 1.29 is 14.6 Å². The number of allylic oxidation sites excluding steroid dienone is 1. The highest BCUT2D eigenvalue weighted by Crippen LogP contribution is 2.29. The quantitative estimate of drug-likeness (QED) is 0.890. The SMILES string of the molecule is COc1cc(C2=CC[C@H](C)CN2C(=O)O)cc(C)n1. The third-order valence-electron chi connectivity index (χ3n) is 3.16. The van der Waals surface area contributed by atoms with Crippen LogP contribution < -0.4 is 4.74 Å². The van der Waals surface area contributed by atoms with Crippen LogP contribution in [0.2, 0.25) is 0 Å². The van der Waals surface area contributed by atoms with Gasteiger partial charge in [0.15, 0.2) is 0 Å². The summed E-state index contributed by atoms with van der Waals surface area (Å²) < 4.78 is 5.14. The minimum absolute atomic E-state index is 0.338. The van der Waals surface area contributed by atoms with Crippen LogP contribution in [0.3, 0.4) is 0 Å². The van der Waals surface area contributed by atoms with E-state index in [0.717, 1.165) is 23.4 Å². The minimum Gasteiger partial charge on any atom is -0.481 e. The van der Waals surface area contributed by atoms with Gasteiger partial charge in [0.25, 0.3) is 0 Å². The molecule has 0 radical (unpaired) electrons. The van der Waals surface area contributed by atoms with Crippen LogP contribution >= 0.6 is 0 Å². The van der Waals surface area contributed by atoms with E-state index in [-0.39, 0.29) is 0 Å². The summed E-state index contributed by atoms with van der Waals surface area (Å²) in [6.07, 6.45) is 1.92. The van der Waals surface area contributed by atoms with Gasteiger partial charge in [0.2, 0.25) is 5.88 Å². The Balaban J connectivity index is 2.43. The average molecular weight is 262 g/mol. The minimum atomic E-state index is -0.925. The zero-order valence-electron chi connectivity index (χ0n) is 11.4. The number of amides is 1. The molecule has 0 fully saturated rings. The second kappa shape index (κ2) is 5.30. The molecular weight excluding hydrogens is 244 g/mol. The molecule has 1 aliphatic heterocycles. The van der Waals surface area contributed by atoms with E-state index >= 15 is 0 Å². The Labute approximate surface area is 112 Å². The van der Waals surface area contributed by atoms with Gasteiger partial charge in [-0.15, -0.1) is 0 Å². The smallest absolute Gasteiger partial charge is 0.411 e. The summed E-state index contributed by atoms with van der Waals surface area (Å²) >= 11 is 0. The van der Waals surface area contributed by atoms with Gasteiger partial charge in [-0.2, -0.15) is 0 Å². The highest BCUT2D eigenvalue weighted by Gasteiger charge is 2.25. The molecule has 1 aromatic heterocycles. The third kappa shape index (κ3) is 2.86. The summed E-state index contributed by atoms with van der Waals surface area (Å²) in [6, 6.07) is 3.64. The summed E-state index contributed by atoms with van der Waals surface area (Å²) in [6.45, 7) is 4.43. The number of hydrogen-bond acceptors (Lipinski definition) is 3. The van der Waals surface area contributed by atoms with Crippen molar-refractivity contribution in [1.82, 2.24) is 9.88 Å². The molecule has 1 N–H and O–H groups in total. The predicted molar refractivity (Wildman–Crippen MR) is 72.0 cm³/mol. The van der Waals surface area contributed by atoms with Crippen LogP contribution in [0.15, 0.2) is 18.2 Å². The molecule has 1 amide bonds. The topological polar surface area (TPSA) is 62.7 Å². The normalized spacial score (nSPS) is 19.0. The maximum atomic E-state index is 11.4. The Kier molecular flexibility index (Phi) is 3.74. The van der Waals surface area contributed by atoms with Crippen LogP contribution in [0.4, 0.5) is 4.79 Å². The van der Waals surface area contributed by atoms with Crippen LogP contribution in [0.1, 0.15) is 24.6 Å². The van der Waals surface area contributed by atoms with Gasteiger partial charge >= 0.3 is 6.09 Å². The van der Waals surface area contributed by atoms with Gasteiger partial charge in [-0.1, -0.05) is 13.0 Å². The Bertz CT molecular complexity index is 525. The molecule has 5 nitrogen and oxygen atoms in total. The Hall–Kier alpha value is -2.04. The van der Waals surface area contributed by atoms with Crippen LogP contribution in [0, 0.1) is 12.8 Å². The molecule has 0 saturated heterocycles. The third-order valence-corrected chi connectivity index (χ3v) is 3.16. The fraction of sp³-hybridized carbons (Fsp3) is 0.429. The lowest BCUT2D eigenvalue weighted by Gasteiger charge is -2.30. The molecule has 2 heterocycles. The van der Waals surface area contributed by atoms with Gasteiger partial charge in [0.1, 0.15) is 0 Å². The number of methoxy groups -OCH3 is 1. The Morgan fingerprint density at radius 2 is 2.26 bits per heavy atom. The molecule has 5 heteroatoms. The summed E-state index contributed by atoms with van der Waals surface area (Å²) in [5.41, 5.74) is 2.35. The van der Waals surface area contributed by atoms with Crippen molar-refractivity contribution in [3.63, 3.8) is 0 Å². The van der Waals surface area contributed by atoms with Crippen molar-refractivity contribution in [2.45, 2.75) is 20.3 Å². The molecule has 1 aliphatic rings. The average Bonchev–Trinajstić information content (AvgIpc) is 2.37. The number of carboxylic acid groups (broad SMARTS) is 1. The van der Waals surface area contributed by atoms with Gasteiger partial charge in [0, 0.05) is 23.9 Å². The lowest BCUT2D eigenvalue weighted by molar-refractivity contribution is 0.159. The van der Waals surface area contributed by atoms with Crippen molar-refractivity contribution in [1.29, 1.82) is 0 Å². The van der Waals surface area contributed by atoms with E-state index in [1.807, 2.05) is 26.0 Å². The number of pyridine rings is 1. The van der Waals surface area contributed by atoms with Gasteiger partial charge in [-0.25, -0.2) is 9.78 Å². The number of nitrogens with zero attached hydrogens (tertiary/aromatic N) is 2. The summed E-state index contributed by atoms with van der Waals surface area (Å²) in [7, 11) is 1.55. The molecule has 0 bridgehead atoms. The van der Waals surface area contributed by atoms with Crippen molar-refractivity contribution in [3.05, 3.63) is 29.5 Å². The van der Waals surface area contributed by atoms with E-state index < -0.39 is 6.09 Å². The molecule has 0 aliphatic carbocycles. The van der Waals surface area contributed by atoms with Crippen LogP contribution in [-0.2, 0) is 0 Å². The van der Waals surface area contributed by atoms with Crippen molar-refractivity contribution in [2.24, 2.45) is 5.92 Å². The Morgan fingerprint density at radius 3 is 2.89 bits per heavy atom. The molecular formula is C14H18N2O3. The van der Waals surface area contributed by atoms with E-state index in [1.54, 1.807) is 13.2 Å². The van der Waals surface area contributed by atoms with Crippen molar-refractivity contribution in [3.8, 4) is 5.88 Å². The molecule has 102 valence electrons. The largest absolute Gasteiger partial charge is 0.481 e. The second-order valence-electron chi connectivity index (χ2n) is 4.86. The molecule has 19 heavy (non-hydrogen) atoms. The first-order chi connectivity index (χ1) is 9.01. The molecule has 1 aromatic rings. The fourth-order valence-electron chi connectivity index (χ4n) is 2.25. The van der Waals surface area contributed by atoms with Crippen molar-refractivity contribution >= 4 is 11.8 Å². The predicted octanol–water partition coefficient (Wildman–Crippen LogP) is 2.76. The first-order valence-corrected chi connectivity index (χ1v) is 6.25. The molecule has 1 atom stereocenters. The first-order valence-electron chi connectivity index (χ1n) is 6.25. The summed E-state index contributed by atoms with van der Waals surface area (Å²) in [5, 5.41) is 9.32. The highest BCUT2D eigenvalue weighted by atomic mass is 16.5. The van der Waals surface area contributed by atoms with Crippen LogP contribution in [0.25, 0.3) is 5.70 Å². The molecule has 0 saturated carbocycles. The number of aromatic nitrogens is 1. The van der Waals surface area contributed by atoms with Gasteiger partial charge < -0.3 is 9.84 Å². The number of aryl methyl sites for hydroxylation is 1. The van der Waals surface area contributed by atoms with E-state index in [0.29, 0.717) is 18.3 Å². The fourth-order valence-corrected chi connectivity index (χ4v) is 2.25. The standard InChI is InChI=1S/C14H18N2O3/c1-9-4-5-12(16(8-9)14(17)18)11-6-10(2)15-13(7-11)19-3/h5-7,9H,4,8H2,1-3H3,(H,17,18)/t9-/m0/s1. The number of rotatable bonds is 2. The van der Waals surface area contributed by atoms with E-state index in [2.05, 4.69) is 4.98 Å². The molecule has 0 spiro atoms. The monoisotopic (exact) mass is 262 g/mol. The van der Waals surface area contributed by atoms with E-state index in [1.165, 1.54) is 4.90 Å². The zero-order chi connectivity index (χ0) is 14.0. The molecule has 0 unspecified atom stereocenters. The molecule has 2 rings (SSSR count). The van der Waals surface area contributed by atoms with Gasteiger partial charge in [0.05, 0.1) is 12.8 Å². The van der Waals surface area contributed by atoms with Crippen LogP contribution in [0.5, 0.6) is 5.88 Å². The Morgan fingerprint density at radius 1 is 1.53 bits per heavy atom. The second-order valence-corrected chi connectivity index (χ2v) is 4.86. The maximum Gasteiger partial charge on any atom is 0.411 e. The molecule has 0 aromatic carbocycles. The summed E-state index contributed by atoms with van der Waals surface area (Å²) in [4.78, 5) is 17.0. The number of hydrogen-bond donors (Lipinski definition) is 1. The number of ether oxygens (including phenoxy) is 1. The summed E-state index contributed by atoms with van der Waals surface area (Å²) in [5.74, 6) is 0.838. The van der Waals surface area contributed by atoms with Gasteiger partial charge in [-0.05, 0) is 25.3 Å². The highest BCUT2D eigenvalue weighted by molar-refractivity contribution is 5.81. The van der Waals surface area contributed by atoms with Crippen molar-refractivity contribution in [2.75, 3.05) is 13.7 Å². The van der Waals surface area contributed by atoms with E-state index in [4.69, 9.17) is 4.74 Å². The zero-order valence-corrected chi connectivity index (χ0v) is 11.4. The van der Waals surface area contributed by atoms with Gasteiger partial charge in [-0.3, -0.25) is 4.90 Å². The first kappa shape index (κ1) is 13.4. The maximum absolute atomic E-state index is 11.4. The van der Waals surface area contributed by atoms with E-state index in [9.17, 15) is 9.90 Å². The lowest BCUT2D eigenvalue weighted by atomic mass is 9.98. The lowest BCUT2D eigenvalue weighted by Crippen LogP contribution is -2.34. The van der Waals surface area contributed by atoms with Crippen LogP contribution in [-0.4, -0.2) is 34.7 Å². The number of carbonyl (C=O) groups is 1.